The number of benzene rings is 2. The summed E-state index contributed by atoms with van der Waals surface area (Å²) < 4.78 is 6.45. The van der Waals surface area contributed by atoms with Crippen LogP contribution < -0.4 is 10.2 Å². The predicted octanol–water partition coefficient (Wildman–Crippen LogP) is 5.27. The van der Waals surface area contributed by atoms with E-state index in [1.165, 1.54) is 5.56 Å². The van der Waals surface area contributed by atoms with Crippen molar-refractivity contribution < 1.29 is 9.53 Å². The zero-order valence-electron chi connectivity index (χ0n) is 15.5. The molecule has 0 aromatic heterocycles. The highest BCUT2D eigenvalue weighted by atomic mass is 79.9. The molecule has 2 aromatic rings. The normalized spacial score (nSPS) is 11.5. The van der Waals surface area contributed by atoms with Crippen molar-refractivity contribution in [3.8, 4) is 5.75 Å². The van der Waals surface area contributed by atoms with Gasteiger partial charge < -0.3 is 4.74 Å². The highest BCUT2D eigenvalue weighted by Crippen LogP contribution is 2.28. The molecule has 0 bridgehead atoms. The van der Waals surface area contributed by atoms with Crippen molar-refractivity contribution in [1.29, 1.82) is 0 Å². The van der Waals surface area contributed by atoms with E-state index in [-0.39, 0.29) is 12.5 Å². The minimum Gasteiger partial charge on any atom is -0.483 e. The molecule has 0 heterocycles. The van der Waals surface area contributed by atoms with Crippen molar-refractivity contribution in [2.24, 2.45) is 5.10 Å². The van der Waals surface area contributed by atoms with Crippen molar-refractivity contribution >= 4 is 27.5 Å². The molecule has 2 aromatic carbocycles. The Labute approximate surface area is 163 Å². The molecule has 0 saturated heterocycles. The first-order valence-corrected chi connectivity index (χ1v) is 9.63. The van der Waals surface area contributed by atoms with E-state index in [2.05, 4.69) is 47.2 Å². The average Bonchev–Trinajstić information content (AvgIpc) is 2.64. The van der Waals surface area contributed by atoms with E-state index in [1.807, 2.05) is 48.5 Å². The SMILES string of the molecule is CCC/C(=N\NC(=O)COc1ccc(C(C)C)cc1Br)c1ccccc1. The summed E-state index contributed by atoms with van der Waals surface area (Å²) >= 11 is 3.49. The molecule has 0 fully saturated rings. The van der Waals surface area contributed by atoms with Gasteiger partial charge in [0.25, 0.3) is 5.91 Å². The smallest absolute Gasteiger partial charge is 0.277 e. The Bertz CT molecular complexity index is 758. The summed E-state index contributed by atoms with van der Waals surface area (Å²) in [5.74, 6) is 0.799. The number of carbonyl (C=O) groups excluding carboxylic acids is 1. The van der Waals surface area contributed by atoms with Gasteiger partial charge in [0.2, 0.25) is 0 Å². The zero-order chi connectivity index (χ0) is 18.9. The Hall–Kier alpha value is -2.14. The molecular formula is C21H25BrN2O2. The molecule has 0 aliphatic rings. The molecule has 0 aliphatic carbocycles. The first kappa shape index (κ1) is 20.2. The van der Waals surface area contributed by atoms with Crippen molar-refractivity contribution in [2.45, 2.75) is 39.5 Å². The number of hydrogen-bond acceptors (Lipinski definition) is 3. The van der Waals surface area contributed by atoms with Crippen LogP contribution in [0.3, 0.4) is 0 Å². The van der Waals surface area contributed by atoms with Crippen LogP contribution in [0.1, 0.15) is 50.7 Å². The molecule has 0 spiro atoms. The van der Waals surface area contributed by atoms with E-state index in [9.17, 15) is 4.79 Å². The van der Waals surface area contributed by atoms with Gasteiger partial charge in [-0.15, -0.1) is 0 Å². The van der Waals surface area contributed by atoms with E-state index >= 15 is 0 Å². The van der Waals surface area contributed by atoms with Crippen molar-refractivity contribution in [3.63, 3.8) is 0 Å². The van der Waals surface area contributed by atoms with Crippen molar-refractivity contribution in [1.82, 2.24) is 5.43 Å². The minimum absolute atomic E-state index is 0.0860. The minimum atomic E-state index is -0.283. The Morgan fingerprint density at radius 3 is 2.54 bits per heavy atom. The van der Waals surface area contributed by atoms with Gasteiger partial charge in [0, 0.05) is 0 Å². The molecule has 0 radical (unpaired) electrons. The van der Waals surface area contributed by atoms with Gasteiger partial charge in [-0.2, -0.15) is 5.10 Å². The largest absolute Gasteiger partial charge is 0.483 e. The fourth-order valence-corrected chi connectivity index (χ4v) is 2.94. The highest BCUT2D eigenvalue weighted by molar-refractivity contribution is 9.10. The van der Waals surface area contributed by atoms with Crippen LogP contribution in [0.4, 0.5) is 0 Å². The lowest BCUT2D eigenvalue weighted by atomic mass is 10.0. The second kappa shape index (κ2) is 10.1. The van der Waals surface area contributed by atoms with Gasteiger partial charge in [-0.25, -0.2) is 5.43 Å². The second-order valence-corrected chi connectivity index (χ2v) is 7.20. The maximum absolute atomic E-state index is 12.1. The summed E-state index contributed by atoms with van der Waals surface area (Å²) in [4.78, 5) is 12.1. The van der Waals surface area contributed by atoms with Crippen LogP contribution in [0.2, 0.25) is 0 Å². The third-order valence-corrected chi connectivity index (χ3v) is 4.51. The number of rotatable bonds is 8. The molecule has 5 heteroatoms. The third-order valence-electron chi connectivity index (χ3n) is 3.89. The number of ether oxygens (including phenoxy) is 1. The van der Waals surface area contributed by atoms with E-state index in [4.69, 9.17) is 4.74 Å². The van der Waals surface area contributed by atoms with Crippen LogP contribution in [0, 0.1) is 0 Å². The van der Waals surface area contributed by atoms with Gasteiger partial charge in [0.05, 0.1) is 10.2 Å². The molecule has 2 rings (SSSR count). The van der Waals surface area contributed by atoms with Gasteiger partial charge in [-0.1, -0.05) is 63.6 Å². The first-order valence-electron chi connectivity index (χ1n) is 8.84. The Balaban J connectivity index is 1.95. The lowest BCUT2D eigenvalue weighted by molar-refractivity contribution is -0.123. The van der Waals surface area contributed by atoms with Crippen LogP contribution >= 0.6 is 15.9 Å². The maximum atomic E-state index is 12.1. The van der Waals surface area contributed by atoms with Crippen LogP contribution in [-0.4, -0.2) is 18.2 Å². The number of halogens is 1. The maximum Gasteiger partial charge on any atom is 0.277 e. The van der Waals surface area contributed by atoms with E-state index < -0.39 is 0 Å². The molecule has 4 nitrogen and oxygen atoms in total. The lowest BCUT2D eigenvalue weighted by Gasteiger charge is -2.11. The molecule has 0 atom stereocenters. The molecule has 26 heavy (non-hydrogen) atoms. The van der Waals surface area contributed by atoms with Crippen LogP contribution in [-0.2, 0) is 4.79 Å². The summed E-state index contributed by atoms with van der Waals surface area (Å²) in [6, 6.07) is 15.8. The molecule has 1 amide bonds. The molecule has 1 N–H and O–H groups in total. The quantitative estimate of drug-likeness (QED) is 0.470. The molecule has 138 valence electrons. The summed E-state index contributed by atoms with van der Waals surface area (Å²) in [5.41, 5.74) is 5.69. The molecular weight excluding hydrogens is 392 g/mol. The van der Waals surface area contributed by atoms with Crippen LogP contribution in [0.15, 0.2) is 58.1 Å². The number of hydrogen-bond donors (Lipinski definition) is 1. The fourth-order valence-electron chi connectivity index (χ4n) is 2.43. The van der Waals surface area contributed by atoms with Gasteiger partial charge in [0.1, 0.15) is 5.75 Å². The monoisotopic (exact) mass is 416 g/mol. The average molecular weight is 417 g/mol. The lowest BCUT2D eigenvalue weighted by Crippen LogP contribution is -2.26. The van der Waals surface area contributed by atoms with E-state index in [1.54, 1.807) is 0 Å². The Kier molecular flexibility index (Phi) is 7.85. The third kappa shape index (κ3) is 5.99. The van der Waals surface area contributed by atoms with Crippen LogP contribution in [0.25, 0.3) is 0 Å². The van der Waals surface area contributed by atoms with Gasteiger partial charge in [-0.05, 0) is 51.5 Å². The number of nitrogens with one attached hydrogen (secondary N) is 1. The van der Waals surface area contributed by atoms with Crippen molar-refractivity contribution in [2.75, 3.05) is 6.61 Å². The van der Waals surface area contributed by atoms with Gasteiger partial charge in [0.15, 0.2) is 6.61 Å². The molecule has 0 saturated carbocycles. The Morgan fingerprint density at radius 2 is 1.92 bits per heavy atom. The Morgan fingerprint density at radius 1 is 1.19 bits per heavy atom. The second-order valence-electron chi connectivity index (χ2n) is 6.34. The van der Waals surface area contributed by atoms with Gasteiger partial charge >= 0.3 is 0 Å². The first-order chi connectivity index (χ1) is 12.5. The van der Waals surface area contributed by atoms with Gasteiger partial charge in [-0.3, -0.25) is 4.79 Å². The predicted molar refractivity (Wildman–Crippen MR) is 110 cm³/mol. The highest BCUT2D eigenvalue weighted by Gasteiger charge is 2.09. The zero-order valence-corrected chi connectivity index (χ0v) is 17.0. The summed E-state index contributed by atoms with van der Waals surface area (Å²) in [6.45, 7) is 6.27. The topological polar surface area (TPSA) is 50.7 Å². The standard InChI is InChI=1S/C21H25BrN2O2/c1-4-8-19(16-9-6-5-7-10-16)23-24-21(25)14-26-20-12-11-17(15(2)3)13-18(20)22/h5-7,9-13,15H,4,8,14H2,1-3H3,(H,24,25)/b23-19+. The van der Waals surface area contributed by atoms with Crippen molar-refractivity contribution in [3.05, 3.63) is 64.1 Å². The summed E-state index contributed by atoms with van der Waals surface area (Å²) in [5, 5.41) is 4.28. The number of carbonyl (C=O) groups is 1. The van der Waals surface area contributed by atoms with Crippen LogP contribution in [0.5, 0.6) is 5.75 Å². The molecule has 0 aliphatic heterocycles. The summed E-state index contributed by atoms with van der Waals surface area (Å²) in [6.07, 6.45) is 1.75. The number of amides is 1. The van der Waals surface area contributed by atoms with E-state index in [0.29, 0.717) is 11.7 Å². The molecule has 0 unspecified atom stereocenters. The fraction of sp³-hybridized carbons (Fsp3) is 0.333. The summed E-state index contributed by atoms with van der Waals surface area (Å²) in [7, 11) is 0. The van der Waals surface area contributed by atoms with E-state index in [0.717, 1.165) is 28.6 Å². The number of nitrogens with zero attached hydrogens (tertiary/aromatic N) is 1. The number of hydrazone groups is 1.